The summed E-state index contributed by atoms with van der Waals surface area (Å²) >= 11 is 0. The van der Waals surface area contributed by atoms with Crippen molar-refractivity contribution in [2.24, 2.45) is 5.92 Å². The van der Waals surface area contributed by atoms with Gasteiger partial charge in [0.1, 0.15) is 6.10 Å². The number of benzene rings is 3. The van der Waals surface area contributed by atoms with Crippen LogP contribution in [0.25, 0.3) is 0 Å². The molecule has 40 heavy (non-hydrogen) atoms. The molecule has 1 aliphatic heterocycles. The lowest BCUT2D eigenvalue weighted by Crippen LogP contribution is -2.69. The first-order valence-electron chi connectivity index (χ1n) is 14.5. The van der Waals surface area contributed by atoms with Crippen molar-refractivity contribution in [1.29, 1.82) is 0 Å². The Bertz CT molecular complexity index is 1140. The molecule has 1 saturated heterocycles. The summed E-state index contributed by atoms with van der Waals surface area (Å²) < 4.78 is 25.7. The van der Waals surface area contributed by atoms with Crippen molar-refractivity contribution < 1.29 is 23.4 Å². The van der Waals surface area contributed by atoms with Crippen molar-refractivity contribution >= 4 is 24.7 Å². The molecule has 0 aliphatic carbocycles. The second kappa shape index (κ2) is 13.7. The number of hydrogen-bond donors (Lipinski definition) is 0. The third-order valence-electron chi connectivity index (χ3n) is 7.75. The Kier molecular flexibility index (Phi) is 10.4. The Balaban J connectivity index is 1.68. The highest BCUT2D eigenvalue weighted by atomic mass is 28.4. The van der Waals surface area contributed by atoms with Crippen LogP contribution in [0.5, 0.6) is 0 Å². The van der Waals surface area contributed by atoms with Gasteiger partial charge >= 0.3 is 5.97 Å². The van der Waals surface area contributed by atoms with E-state index in [4.69, 9.17) is 18.6 Å². The van der Waals surface area contributed by atoms with E-state index < -0.39 is 8.32 Å². The van der Waals surface area contributed by atoms with Gasteiger partial charge in [-0.05, 0) is 40.2 Å². The number of rotatable bonds is 11. The molecule has 1 heterocycles. The second-order valence-corrected chi connectivity index (χ2v) is 16.0. The van der Waals surface area contributed by atoms with Crippen LogP contribution in [0.1, 0.15) is 53.0 Å². The first kappa shape index (κ1) is 30.2. The number of ether oxygens (including phenoxy) is 3. The molecular weight excluding hydrogens is 516 g/mol. The van der Waals surface area contributed by atoms with Gasteiger partial charge in [0.15, 0.2) is 0 Å². The van der Waals surface area contributed by atoms with Gasteiger partial charge in [0.25, 0.3) is 8.32 Å². The van der Waals surface area contributed by atoms with Gasteiger partial charge < -0.3 is 18.6 Å². The van der Waals surface area contributed by atoms with E-state index in [-0.39, 0.29) is 41.7 Å². The molecule has 0 bridgehead atoms. The van der Waals surface area contributed by atoms with Gasteiger partial charge in [-0.25, -0.2) is 0 Å². The Morgan fingerprint density at radius 3 is 1.98 bits per heavy atom. The van der Waals surface area contributed by atoms with Gasteiger partial charge in [0, 0.05) is 0 Å². The summed E-state index contributed by atoms with van der Waals surface area (Å²) in [6, 6.07) is 31.5. The van der Waals surface area contributed by atoms with E-state index in [0.717, 1.165) is 12.0 Å². The molecule has 4 rings (SSSR count). The van der Waals surface area contributed by atoms with Gasteiger partial charge in [0.2, 0.25) is 0 Å². The summed E-state index contributed by atoms with van der Waals surface area (Å²) in [5, 5.41) is 2.31. The second-order valence-electron chi connectivity index (χ2n) is 11.8. The normalized spacial score (nSPS) is 21.6. The first-order chi connectivity index (χ1) is 19.2. The zero-order valence-corrected chi connectivity index (χ0v) is 25.5. The molecule has 0 unspecified atom stereocenters. The molecule has 3 aromatic carbocycles. The molecule has 1 aliphatic rings. The molecule has 0 aromatic heterocycles. The lowest BCUT2D eigenvalue weighted by molar-refractivity contribution is -0.171. The lowest BCUT2D eigenvalue weighted by atomic mass is 9.89. The molecule has 0 spiro atoms. The highest BCUT2D eigenvalue weighted by molar-refractivity contribution is 6.99. The number of hydrogen-bond acceptors (Lipinski definition) is 5. The monoisotopic (exact) mass is 560 g/mol. The smallest absolute Gasteiger partial charge is 0.308 e. The van der Waals surface area contributed by atoms with E-state index in [1.54, 1.807) is 0 Å². The van der Waals surface area contributed by atoms with E-state index in [1.807, 2.05) is 25.1 Å². The van der Waals surface area contributed by atoms with Crippen LogP contribution in [0, 0.1) is 5.92 Å². The summed E-state index contributed by atoms with van der Waals surface area (Å²) in [7, 11) is -2.82. The van der Waals surface area contributed by atoms with E-state index in [9.17, 15) is 4.79 Å². The molecule has 5 nitrogen and oxygen atoms in total. The molecule has 3 aromatic rings. The highest BCUT2D eigenvalue weighted by Gasteiger charge is 2.54. The summed E-state index contributed by atoms with van der Waals surface area (Å²) in [4.78, 5) is 12.4. The molecule has 6 heteroatoms. The van der Waals surface area contributed by atoms with Crippen LogP contribution in [0.2, 0.25) is 5.04 Å². The first-order valence-corrected chi connectivity index (χ1v) is 16.4. The summed E-state index contributed by atoms with van der Waals surface area (Å²) in [5.74, 6) is -0.0739. The fraction of sp³-hybridized carbons (Fsp3) is 0.441. The molecule has 0 radical (unpaired) electrons. The number of carbonyl (C=O) groups is 1. The van der Waals surface area contributed by atoms with Gasteiger partial charge in [-0.1, -0.05) is 119 Å². The van der Waals surface area contributed by atoms with Crippen LogP contribution in [0.15, 0.2) is 91.0 Å². The van der Waals surface area contributed by atoms with Gasteiger partial charge in [-0.15, -0.1) is 0 Å². The maximum atomic E-state index is 12.4. The third-order valence-corrected chi connectivity index (χ3v) is 12.8. The summed E-state index contributed by atoms with van der Waals surface area (Å²) in [6.07, 6.45) is 0.184. The zero-order chi connectivity index (χ0) is 28.6. The van der Waals surface area contributed by atoms with Crippen LogP contribution in [0.4, 0.5) is 0 Å². The highest BCUT2D eigenvalue weighted by Crippen LogP contribution is 2.41. The molecule has 4 atom stereocenters. The van der Waals surface area contributed by atoms with Gasteiger partial charge in [-0.2, -0.15) is 0 Å². The van der Waals surface area contributed by atoms with E-state index in [2.05, 4.69) is 100 Å². The maximum Gasteiger partial charge on any atom is 0.308 e. The average molecular weight is 561 g/mol. The maximum absolute atomic E-state index is 12.4. The fourth-order valence-corrected chi connectivity index (χ4v) is 10.7. The largest absolute Gasteiger partial charge is 0.466 e. The fourth-order valence-electron chi connectivity index (χ4n) is 5.92. The van der Waals surface area contributed by atoms with Crippen molar-refractivity contribution in [3.63, 3.8) is 0 Å². The Morgan fingerprint density at radius 1 is 0.900 bits per heavy atom. The molecule has 214 valence electrons. The van der Waals surface area contributed by atoms with Crippen LogP contribution in [-0.2, 0) is 30.0 Å². The molecule has 0 N–H and O–H groups in total. The standard InChI is InChI=1S/C34H44O5Si/c1-6-37-32(35)23-28-22-26(2)33(31(38-28)25-36-24-27-16-10-7-11-17-27)39-40(34(3,4)5,29-18-12-8-13-19-29)30-20-14-9-15-21-30/h7-21,26,28,31,33H,6,22-25H2,1-5H3/t26-,28-,31-,33+/m1/s1. The zero-order valence-electron chi connectivity index (χ0n) is 24.5. The van der Waals surface area contributed by atoms with Gasteiger partial charge in [-0.3, -0.25) is 4.79 Å². The number of esters is 1. The third kappa shape index (κ3) is 7.10. The molecular formula is C34H44O5Si. The lowest BCUT2D eigenvalue weighted by Gasteiger charge is -2.49. The quantitative estimate of drug-likeness (QED) is 0.216. The summed E-state index contributed by atoms with van der Waals surface area (Å²) in [6.45, 7) is 12.1. The van der Waals surface area contributed by atoms with Crippen LogP contribution in [-0.4, -0.2) is 45.8 Å². The predicted octanol–water partition coefficient (Wildman–Crippen LogP) is 5.90. The minimum Gasteiger partial charge on any atom is -0.466 e. The van der Waals surface area contributed by atoms with Crippen LogP contribution < -0.4 is 10.4 Å². The topological polar surface area (TPSA) is 54.0 Å². The average Bonchev–Trinajstić information content (AvgIpc) is 2.94. The minimum atomic E-state index is -2.82. The predicted molar refractivity (Wildman–Crippen MR) is 162 cm³/mol. The Morgan fingerprint density at radius 2 is 1.45 bits per heavy atom. The van der Waals surface area contributed by atoms with Crippen molar-refractivity contribution in [2.75, 3.05) is 13.2 Å². The van der Waals surface area contributed by atoms with Crippen molar-refractivity contribution in [3.8, 4) is 0 Å². The number of carbonyl (C=O) groups excluding carboxylic acids is 1. The minimum absolute atomic E-state index is 0.153. The van der Waals surface area contributed by atoms with E-state index in [1.165, 1.54) is 10.4 Å². The van der Waals surface area contributed by atoms with Crippen molar-refractivity contribution in [1.82, 2.24) is 0 Å². The van der Waals surface area contributed by atoms with E-state index in [0.29, 0.717) is 19.8 Å². The summed E-state index contributed by atoms with van der Waals surface area (Å²) in [5.41, 5.74) is 1.11. The molecule has 0 amide bonds. The Labute approximate surface area is 240 Å². The Hall–Kier alpha value is -2.77. The molecule has 0 saturated carbocycles. The van der Waals surface area contributed by atoms with Crippen molar-refractivity contribution in [3.05, 3.63) is 96.6 Å². The van der Waals surface area contributed by atoms with E-state index >= 15 is 0 Å². The molecule has 1 fully saturated rings. The van der Waals surface area contributed by atoms with Crippen LogP contribution >= 0.6 is 0 Å². The van der Waals surface area contributed by atoms with Crippen molar-refractivity contribution in [2.45, 2.75) is 77.4 Å². The van der Waals surface area contributed by atoms with Gasteiger partial charge in [0.05, 0.1) is 38.4 Å². The van der Waals surface area contributed by atoms with Crippen LogP contribution in [0.3, 0.4) is 0 Å². The SMILES string of the molecule is CCOC(=O)C[C@H]1C[C@@H](C)[C@H](O[Si](c2ccccc2)(c2ccccc2)C(C)(C)C)[C@@H](COCc2ccccc2)O1.